The van der Waals surface area contributed by atoms with Crippen LogP contribution in [0.2, 0.25) is 0 Å². The fraction of sp³-hybridized carbons (Fsp3) is 0.227. The van der Waals surface area contributed by atoms with Crippen molar-refractivity contribution in [2.24, 2.45) is 0 Å². The Labute approximate surface area is 168 Å². The fourth-order valence-corrected chi connectivity index (χ4v) is 3.51. The average molecular weight is 391 g/mol. The van der Waals surface area contributed by atoms with E-state index in [1.807, 2.05) is 50.5 Å². The molecule has 0 N–H and O–H groups in total. The van der Waals surface area contributed by atoms with Crippen LogP contribution in [0.4, 0.5) is 5.69 Å². The van der Waals surface area contributed by atoms with Crippen molar-refractivity contribution in [3.05, 3.63) is 88.1 Å². The Morgan fingerprint density at radius 2 is 1.93 bits per heavy atom. The topological polar surface area (TPSA) is 77.7 Å². The molecule has 29 heavy (non-hydrogen) atoms. The van der Waals surface area contributed by atoms with Crippen LogP contribution in [-0.2, 0) is 0 Å². The van der Waals surface area contributed by atoms with Gasteiger partial charge in [-0.15, -0.1) is 0 Å². The van der Waals surface area contributed by atoms with E-state index in [2.05, 4.69) is 22.0 Å². The van der Waals surface area contributed by atoms with Crippen LogP contribution >= 0.6 is 0 Å². The predicted octanol–water partition coefficient (Wildman–Crippen LogP) is 4.91. The highest BCUT2D eigenvalue weighted by atomic mass is 16.6. The van der Waals surface area contributed by atoms with Crippen molar-refractivity contribution in [2.45, 2.75) is 18.6 Å². The van der Waals surface area contributed by atoms with Crippen molar-refractivity contribution < 1.29 is 14.4 Å². The molecule has 0 radical (unpaired) electrons. The van der Waals surface area contributed by atoms with Crippen LogP contribution in [0.25, 0.3) is 0 Å². The fourth-order valence-electron chi connectivity index (χ4n) is 3.51. The van der Waals surface area contributed by atoms with Gasteiger partial charge in [-0.1, -0.05) is 30.3 Å². The van der Waals surface area contributed by atoms with E-state index in [0.29, 0.717) is 11.6 Å². The molecule has 148 valence electrons. The van der Waals surface area contributed by atoms with Gasteiger partial charge in [0.1, 0.15) is 23.8 Å². The van der Waals surface area contributed by atoms with Gasteiger partial charge in [-0.25, -0.2) is 4.98 Å². The Hall–Kier alpha value is -3.45. The summed E-state index contributed by atoms with van der Waals surface area (Å²) in [5.41, 5.74) is 2.12. The molecule has 1 aliphatic heterocycles. The minimum Gasteiger partial charge on any atom is -0.485 e. The Balaban J connectivity index is 1.60. The van der Waals surface area contributed by atoms with Gasteiger partial charge in [-0.3, -0.25) is 10.1 Å². The quantitative estimate of drug-likeness (QED) is 0.454. The third-order valence-corrected chi connectivity index (χ3v) is 5.00. The van der Waals surface area contributed by atoms with E-state index in [9.17, 15) is 10.1 Å². The summed E-state index contributed by atoms with van der Waals surface area (Å²) in [4.78, 5) is 16.5. The Morgan fingerprint density at radius 1 is 1.14 bits per heavy atom. The van der Waals surface area contributed by atoms with Gasteiger partial charge < -0.3 is 14.4 Å². The summed E-state index contributed by atoms with van der Waals surface area (Å²) in [5.74, 6) is 1.74. The highest BCUT2D eigenvalue weighted by molar-refractivity contribution is 5.45. The number of rotatable bonds is 5. The van der Waals surface area contributed by atoms with Crippen LogP contribution in [-0.4, -0.2) is 28.9 Å². The monoisotopic (exact) mass is 391 g/mol. The Kier molecular flexibility index (Phi) is 5.14. The maximum Gasteiger partial charge on any atom is 0.287 e. The summed E-state index contributed by atoms with van der Waals surface area (Å²) in [5, 5.41) is 10.8. The molecule has 3 aromatic rings. The van der Waals surface area contributed by atoms with Crippen molar-refractivity contribution in [3.8, 4) is 17.4 Å². The third kappa shape index (κ3) is 4.05. The van der Waals surface area contributed by atoms with Crippen LogP contribution < -0.4 is 9.47 Å². The summed E-state index contributed by atoms with van der Waals surface area (Å²) < 4.78 is 12.1. The molecule has 0 amide bonds. The lowest BCUT2D eigenvalue weighted by Gasteiger charge is -2.36. The number of hydrogen-bond acceptors (Lipinski definition) is 6. The first kappa shape index (κ1) is 18.9. The molecule has 0 bridgehead atoms. The minimum absolute atomic E-state index is 0.0146. The molecular formula is C22H21N3O4. The normalized spacial score (nSPS) is 18.0. The van der Waals surface area contributed by atoms with Gasteiger partial charge in [-0.2, -0.15) is 0 Å². The lowest BCUT2D eigenvalue weighted by molar-refractivity contribution is -0.385. The van der Waals surface area contributed by atoms with Gasteiger partial charge in [-0.05, 0) is 37.9 Å². The second kappa shape index (κ2) is 7.89. The van der Waals surface area contributed by atoms with E-state index in [4.69, 9.17) is 9.47 Å². The maximum absolute atomic E-state index is 10.8. The van der Waals surface area contributed by atoms with Gasteiger partial charge in [0.25, 0.3) is 5.69 Å². The highest BCUT2D eigenvalue weighted by Crippen LogP contribution is 2.44. The van der Waals surface area contributed by atoms with Gasteiger partial charge in [0, 0.05) is 30.2 Å². The molecule has 0 spiro atoms. The largest absolute Gasteiger partial charge is 0.485 e. The van der Waals surface area contributed by atoms with Crippen molar-refractivity contribution in [1.82, 2.24) is 9.88 Å². The van der Waals surface area contributed by atoms with Gasteiger partial charge >= 0.3 is 0 Å². The minimum atomic E-state index is -0.488. The number of hydrogen-bond donors (Lipinski definition) is 0. The van der Waals surface area contributed by atoms with Crippen LogP contribution in [0, 0.1) is 10.1 Å². The molecule has 2 heterocycles. The zero-order valence-corrected chi connectivity index (χ0v) is 16.2. The molecule has 1 aromatic heterocycles. The molecule has 2 unspecified atom stereocenters. The van der Waals surface area contributed by atoms with E-state index in [0.717, 1.165) is 23.3 Å². The summed E-state index contributed by atoms with van der Waals surface area (Å²) in [7, 11) is 4.10. The molecule has 0 fully saturated rings. The number of nitrogens with zero attached hydrogens (tertiary/aromatic N) is 3. The molecule has 1 aliphatic rings. The van der Waals surface area contributed by atoms with E-state index < -0.39 is 4.92 Å². The molecular weight excluding hydrogens is 370 g/mol. The summed E-state index contributed by atoms with van der Waals surface area (Å²) >= 11 is 0. The van der Waals surface area contributed by atoms with Crippen LogP contribution in [0.3, 0.4) is 0 Å². The van der Waals surface area contributed by atoms with E-state index in [1.165, 1.54) is 18.3 Å². The van der Waals surface area contributed by atoms with Crippen molar-refractivity contribution in [2.75, 3.05) is 14.1 Å². The van der Waals surface area contributed by atoms with Gasteiger partial charge in [0.05, 0.1) is 4.92 Å². The van der Waals surface area contributed by atoms with Crippen molar-refractivity contribution >= 4 is 5.69 Å². The summed E-state index contributed by atoms with van der Waals surface area (Å²) in [6.07, 6.45) is 1.99. The van der Waals surface area contributed by atoms with Crippen LogP contribution in [0.5, 0.6) is 17.4 Å². The Morgan fingerprint density at radius 3 is 2.59 bits per heavy atom. The second-order valence-corrected chi connectivity index (χ2v) is 7.15. The van der Waals surface area contributed by atoms with E-state index in [-0.39, 0.29) is 17.8 Å². The zero-order chi connectivity index (χ0) is 20.4. The van der Waals surface area contributed by atoms with Crippen LogP contribution in [0.1, 0.15) is 29.7 Å². The molecule has 0 saturated carbocycles. The zero-order valence-electron chi connectivity index (χ0n) is 16.2. The summed E-state index contributed by atoms with van der Waals surface area (Å²) in [6.45, 7) is 0. The standard InChI is InChI=1S/C22H21N3O4/c1-24(2)19-13-21(15-6-4-3-5-7-15)29-20-10-9-17(12-18(19)20)28-22-11-8-16(14-23-22)25(26)27/h3-12,14,19,21H,13H2,1-2H3. The van der Waals surface area contributed by atoms with E-state index in [1.54, 1.807) is 0 Å². The second-order valence-electron chi connectivity index (χ2n) is 7.15. The van der Waals surface area contributed by atoms with E-state index >= 15 is 0 Å². The Bertz CT molecular complexity index is 1010. The predicted molar refractivity (Wildman–Crippen MR) is 108 cm³/mol. The SMILES string of the molecule is CN(C)C1CC(c2ccccc2)Oc2ccc(Oc3ccc([N+](=O)[O-])cn3)cc21. The highest BCUT2D eigenvalue weighted by Gasteiger charge is 2.31. The molecule has 0 aliphatic carbocycles. The number of fused-ring (bicyclic) bond motifs is 1. The number of benzene rings is 2. The van der Waals surface area contributed by atoms with Gasteiger partial charge in [0.2, 0.25) is 5.88 Å². The first-order chi connectivity index (χ1) is 14.0. The first-order valence-corrected chi connectivity index (χ1v) is 9.31. The lowest BCUT2D eigenvalue weighted by Crippen LogP contribution is -2.28. The van der Waals surface area contributed by atoms with Crippen molar-refractivity contribution in [3.63, 3.8) is 0 Å². The number of nitro groups is 1. The third-order valence-electron chi connectivity index (χ3n) is 5.00. The molecule has 0 saturated heterocycles. The lowest BCUT2D eigenvalue weighted by atomic mass is 9.92. The van der Waals surface area contributed by atoms with Crippen LogP contribution in [0.15, 0.2) is 66.9 Å². The van der Waals surface area contributed by atoms with Gasteiger partial charge in [0.15, 0.2) is 0 Å². The maximum atomic E-state index is 10.8. The number of pyridine rings is 1. The molecule has 7 nitrogen and oxygen atoms in total. The van der Waals surface area contributed by atoms with Crippen molar-refractivity contribution in [1.29, 1.82) is 0 Å². The average Bonchev–Trinajstić information content (AvgIpc) is 2.74. The number of aromatic nitrogens is 1. The molecule has 7 heteroatoms. The smallest absolute Gasteiger partial charge is 0.287 e. The number of ether oxygens (including phenoxy) is 2. The molecule has 4 rings (SSSR count). The molecule has 2 aromatic carbocycles. The summed E-state index contributed by atoms with van der Waals surface area (Å²) in [6, 6.07) is 18.9. The molecule has 2 atom stereocenters. The first-order valence-electron chi connectivity index (χ1n) is 9.31.